The van der Waals surface area contributed by atoms with E-state index in [2.05, 4.69) is 4.74 Å². The Kier molecular flexibility index (Phi) is 8.95. The third-order valence-electron chi connectivity index (χ3n) is 1.20. The van der Waals surface area contributed by atoms with Crippen molar-refractivity contribution in [3.8, 4) is 0 Å². The first kappa shape index (κ1) is 14.0. The van der Waals surface area contributed by atoms with Crippen molar-refractivity contribution in [2.24, 2.45) is 0 Å². The van der Waals surface area contributed by atoms with Crippen LogP contribution in [-0.4, -0.2) is 46.2 Å². The number of benzene rings is 1. The van der Waals surface area contributed by atoms with Crippen LogP contribution in [0.15, 0.2) is 36.4 Å². The van der Waals surface area contributed by atoms with Crippen LogP contribution in [0.2, 0.25) is 0 Å². The third-order valence-corrected chi connectivity index (χ3v) is 1.20. The average molecular weight is 216 g/mol. The maximum atomic E-state index is 8.13. The van der Waals surface area contributed by atoms with E-state index in [1.165, 1.54) is 0 Å². The first-order valence-corrected chi connectivity index (χ1v) is 4.43. The number of aliphatic hydroxyl groups excluding tert-OH is 2. The largest absolute Gasteiger partial charge is 0.371 e. The molecule has 0 saturated heterocycles. The van der Waals surface area contributed by atoms with Gasteiger partial charge in [-0.05, 0) is 0 Å². The number of rotatable bonds is 4. The normalized spacial score (nSPS) is 10.0. The number of hydrogen-bond donors (Lipinski definition) is 4. The molecule has 0 aliphatic carbocycles. The molecule has 0 spiro atoms. The summed E-state index contributed by atoms with van der Waals surface area (Å²) < 4.78 is 4.36. The van der Waals surface area contributed by atoms with Crippen LogP contribution < -0.4 is 0 Å². The summed E-state index contributed by atoms with van der Waals surface area (Å²) in [5.41, 5.74) is 0. The molecule has 0 atom stereocenters. The molecule has 0 fully saturated rings. The quantitative estimate of drug-likeness (QED) is 0.500. The van der Waals surface area contributed by atoms with Crippen LogP contribution in [0.1, 0.15) is 0 Å². The molecule has 1 rings (SSSR count). The van der Waals surface area contributed by atoms with E-state index in [1.54, 1.807) is 0 Å². The lowest BCUT2D eigenvalue weighted by Gasteiger charge is -2.05. The van der Waals surface area contributed by atoms with E-state index in [1.807, 2.05) is 36.4 Å². The second kappa shape index (κ2) is 9.57. The molecular formula is C10H16O5. The van der Waals surface area contributed by atoms with Gasteiger partial charge in [-0.25, -0.2) is 0 Å². The van der Waals surface area contributed by atoms with Gasteiger partial charge in [0.25, 0.3) is 0 Å². The monoisotopic (exact) mass is 216 g/mol. The van der Waals surface area contributed by atoms with E-state index < -0.39 is 12.6 Å². The molecule has 1 aromatic carbocycles. The van der Waals surface area contributed by atoms with Crippen LogP contribution in [0.4, 0.5) is 0 Å². The maximum absolute atomic E-state index is 8.13. The highest BCUT2D eigenvalue weighted by atomic mass is 16.6. The minimum atomic E-state index is -1.55. The van der Waals surface area contributed by atoms with Crippen molar-refractivity contribution in [2.75, 3.05) is 13.2 Å². The van der Waals surface area contributed by atoms with Crippen LogP contribution in [0, 0.1) is 0 Å². The Balaban J connectivity index is 0.000000280. The predicted molar refractivity (Wildman–Crippen MR) is 53.7 cm³/mol. The minimum absolute atomic E-state index is 0.308. The van der Waals surface area contributed by atoms with Gasteiger partial charge >= 0.3 is 0 Å². The fourth-order valence-electron chi connectivity index (χ4n) is 0.664. The Bertz CT molecular complexity index is 178. The van der Waals surface area contributed by atoms with E-state index in [4.69, 9.17) is 20.4 Å². The molecule has 0 unspecified atom stereocenters. The van der Waals surface area contributed by atoms with Crippen molar-refractivity contribution in [3.63, 3.8) is 0 Å². The Morgan fingerprint density at radius 1 is 0.667 bits per heavy atom. The lowest BCUT2D eigenvalue weighted by Crippen LogP contribution is -2.20. The molecule has 1 aromatic rings. The Morgan fingerprint density at radius 2 is 0.933 bits per heavy atom. The van der Waals surface area contributed by atoms with Gasteiger partial charge in [-0.2, -0.15) is 0 Å². The van der Waals surface area contributed by atoms with Crippen molar-refractivity contribution < 1.29 is 25.2 Å². The second-order valence-corrected chi connectivity index (χ2v) is 2.65. The van der Waals surface area contributed by atoms with Gasteiger partial charge in [-0.1, -0.05) is 36.4 Å². The van der Waals surface area contributed by atoms with Crippen molar-refractivity contribution in [1.82, 2.24) is 0 Å². The highest BCUT2D eigenvalue weighted by Gasteiger charge is 1.99. The summed E-state index contributed by atoms with van der Waals surface area (Å²) in [7, 11) is 0. The standard InChI is InChI=1S/C6H6.C4H10O5/c1-2-4-6-5-3-1;5-3(6)1-9-2-4(7)8/h1-6H;3-8H,1-2H2. The summed E-state index contributed by atoms with van der Waals surface area (Å²) >= 11 is 0. The van der Waals surface area contributed by atoms with E-state index in [9.17, 15) is 0 Å². The molecule has 0 amide bonds. The van der Waals surface area contributed by atoms with E-state index in [0.717, 1.165) is 0 Å². The summed E-state index contributed by atoms with van der Waals surface area (Å²) in [6.07, 6.45) is -3.10. The van der Waals surface area contributed by atoms with Crippen molar-refractivity contribution >= 4 is 0 Å². The lowest BCUT2D eigenvalue weighted by molar-refractivity contribution is -0.138. The van der Waals surface area contributed by atoms with Gasteiger partial charge in [0.05, 0.1) is 13.2 Å². The highest BCUT2D eigenvalue weighted by molar-refractivity contribution is 4.99. The maximum Gasteiger partial charge on any atom is 0.175 e. The molecule has 15 heavy (non-hydrogen) atoms. The SMILES string of the molecule is OC(O)COCC(O)O.c1ccccc1. The van der Waals surface area contributed by atoms with Gasteiger partial charge in [0, 0.05) is 0 Å². The van der Waals surface area contributed by atoms with E-state index in [-0.39, 0.29) is 13.2 Å². The second-order valence-electron chi connectivity index (χ2n) is 2.65. The van der Waals surface area contributed by atoms with Crippen molar-refractivity contribution in [1.29, 1.82) is 0 Å². The fraction of sp³-hybridized carbons (Fsp3) is 0.400. The summed E-state index contributed by atoms with van der Waals surface area (Å²) in [4.78, 5) is 0. The zero-order valence-corrected chi connectivity index (χ0v) is 8.23. The zero-order valence-electron chi connectivity index (χ0n) is 8.23. The molecule has 0 bridgehead atoms. The van der Waals surface area contributed by atoms with Gasteiger partial charge in [0.1, 0.15) is 0 Å². The van der Waals surface area contributed by atoms with Crippen LogP contribution in [0.3, 0.4) is 0 Å². The smallest absolute Gasteiger partial charge is 0.175 e. The molecule has 0 saturated carbocycles. The summed E-state index contributed by atoms with van der Waals surface area (Å²) in [6, 6.07) is 12.0. The summed E-state index contributed by atoms with van der Waals surface area (Å²) in [5.74, 6) is 0. The Labute approximate surface area is 88.2 Å². The van der Waals surface area contributed by atoms with Gasteiger partial charge in [-0.3, -0.25) is 0 Å². The van der Waals surface area contributed by atoms with E-state index in [0.29, 0.717) is 0 Å². The van der Waals surface area contributed by atoms with Crippen molar-refractivity contribution in [3.05, 3.63) is 36.4 Å². The lowest BCUT2D eigenvalue weighted by atomic mass is 10.4. The Hall–Kier alpha value is -0.980. The van der Waals surface area contributed by atoms with E-state index >= 15 is 0 Å². The zero-order chi connectivity index (χ0) is 11.5. The first-order chi connectivity index (χ1) is 7.13. The number of aliphatic hydroxyl groups is 4. The Morgan fingerprint density at radius 3 is 1.13 bits per heavy atom. The summed E-state index contributed by atoms with van der Waals surface area (Å²) in [5, 5.41) is 32.5. The molecule has 0 heterocycles. The van der Waals surface area contributed by atoms with Gasteiger partial charge in [0.2, 0.25) is 0 Å². The molecule has 0 radical (unpaired) electrons. The topological polar surface area (TPSA) is 90.2 Å². The third kappa shape index (κ3) is 13.0. The predicted octanol–water partition coefficient (Wildman–Crippen LogP) is -0.689. The summed E-state index contributed by atoms with van der Waals surface area (Å²) in [6.45, 7) is -0.616. The van der Waals surface area contributed by atoms with Crippen LogP contribution >= 0.6 is 0 Å². The first-order valence-electron chi connectivity index (χ1n) is 4.43. The minimum Gasteiger partial charge on any atom is -0.371 e. The van der Waals surface area contributed by atoms with Crippen LogP contribution in [0.25, 0.3) is 0 Å². The van der Waals surface area contributed by atoms with Crippen LogP contribution in [0.5, 0.6) is 0 Å². The number of ether oxygens (including phenoxy) is 1. The molecule has 4 N–H and O–H groups in total. The average Bonchev–Trinajstić information content (AvgIpc) is 2.20. The van der Waals surface area contributed by atoms with Gasteiger partial charge in [-0.15, -0.1) is 0 Å². The molecular weight excluding hydrogens is 200 g/mol. The molecule has 0 aliphatic rings. The highest BCUT2D eigenvalue weighted by Crippen LogP contribution is 1.81. The number of hydrogen-bond acceptors (Lipinski definition) is 5. The van der Waals surface area contributed by atoms with Gasteiger partial charge < -0.3 is 25.2 Å². The molecule has 5 heteroatoms. The fourth-order valence-corrected chi connectivity index (χ4v) is 0.664. The van der Waals surface area contributed by atoms with Gasteiger partial charge in [0.15, 0.2) is 12.6 Å². The molecule has 0 aromatic heterocycles. The molecule has 0 aliphatic heterocycles. The van der Waals surface area contributed by atoms with Crippen molar-refractivity contribution in [2.45, 2.75) is 12.6 Å². The van der Waals surface area contributed by atoms with Crippen LogP contribution in [-0.2, 0) is 4.74 Å². The molecule has 86 valence electrons. The molecule has 5 nitrogen and oxygen atoms in total.